The van der Waals surface area contributed by atoms with Crippen molar-refractivity contribution in [3.05, 3.63) is 29.3 Å². The number of aliphatic hydroxyl groups is 1. The maximum Gasteiger partial charge on any atom is 0.131 e. The summed E-state index contributed by atoms with van der Waals surface area (Å²) in [5, 5.41) is 20.5. The van der Waals surface area contributed by atoms with E-state index in [1.54, 1.807) is 6.07 Å². The number of thioether (sulfide) groups is 1. The Balaban J connectivity index is 1.93. The highest BCUT2D eigenvalue weighted by atomic mass is 32.2. The van der Waals surface area contributed by atoms with Crippen molar-refractivity contribution in [3.8, 4) is 11.8 Å². The van der Waals surface area contributed by atoms with Crippen LogP contribution in [0.25, 0.3) is 0 Å². The predicted molar refractivity (Wildman–Crippen MR) is 89.1 cm³/mol. The molecule has 3 nitrogen and oxygen atoms in total. The van der Waals surface area contributed by atoms with Crippen LogP contribution in [0.5, 0.6) is 5.75 Å². The number of ether oxygens (including phenoxy) is 1. The van der Waals surface area contributed by atoms with Crippen molar-refractivity contribution in [2.75, 3.05) is 0 Å². The maximum absolute atomic E-state index is 10.8. The van der Waals surface area contributed by atoms with Crippen LogP contribution < -0.4 is 4.74 Å². The molecule has 1 aliphatic heterocycles. The largest absolute Gasteiger partial charge is 0.485 e. The molecule has 4 heteroatoms. The Morgan fingerprint density at radius 3 is 2.68 bits per heavy atom. The number of fused-ring (bicyclic) bond motifs is 1. The number of hydrogen-bond acceptors (Lipinski definition) is 4. The molecule has 1 aromatic carbocycles. The van der Waals surface area contributed by atoms with Crippen LogP contribution in [0.15, 0.2) is 18.2 Å². The molecule has 1 N–H and O–H groups in total. The lowest BCUT2D eigenvalue weighted by Gasteiger charge is -2.43. The molecule has 1 fully saturated rings. The molecule has 2 atom stereocenters. The summed E-state index contributed by atoms with van der Waals surface area (Å²) in [4.78, 5) is 0. The van der Waals surface area contributed by atoms with Crippen molar-refractivity contribution in [1.29, 1.82) is 5.26 Å². The van der Waals surface area contributed by atoms with E-state index in [1.807, 2.05) is 37.7 Å². The molecular weight excluding hydrogens is 294 g/mol. The Hall–Kier alpha value is -1.18. The molecule has 0 bridgehead atoms. The lowest BCUT2D eigenvalue weighted by Crippen LogP contribution is -2.48. The number of benzene rings is 1. The minimum absolute atomic E-state index is 0.0184. The third-order valence-electron chi connectivity index (χ3n) is 4.71. The van der Waals surface area contributed by atoms with Gasteiger partial charge in [-0.2, -0.15) is 5.26 Å². The van der Waals surface area contributed by atoms with Gasteiger partial charge in [0.15, 0.2) is 0 Å². The summed E-state index contributed by atoms with van der Waals surface area (Å²) in [6.45, 7) is 3.88. The molecule has 1 aliphatic carbocycles. The van der Waals surface area contributed by atoms with Gasteiger partial charge in [0, 0.05) is 10.8 Å². The standard InChI is InChI=1S/C18H23NO2S/c1-18(2)17(20)16(22-13-6-4-3-5-7-13)14-10-12(11-19)8-9-15(14)21-18/h8-10,13,16-17,20H,3-7H2,1-2H3/t16-,17+/m0/s1. The Kier molecular flexibility index (Phi) is 4.38. The number of rotatable bonds is 2. The van der Waals surface area contributed by atoms with E-state index in [1.165, 1.54) is 32.1 Å². The quantitative estimate of drug-likeness (QED) is 0.888. The summed E-state index contributed by atoms with van der Waals surface area (Å²) in [5.74, 6) is 0.808. The smallest absolute Gasteiger partial charge is 0.131 e. The van der Waals surface area contributed by atoms with Crippen molar-refractivity contribution in [2.45, 2.75) is 68.2 Å². The zero-order valence-electron chi connectivity index (χ0n) is 13.2. The van der Waals surface area contributed by atoms with Gasteiger partial charge in [0.05, 0.1) is 16.9 Å². The molecule has 0 unspecified atom stereocenters. The van der Waals surface area contributed by atoms with Crippen LogP contribution in [-0.4, -0.2) is 22.1 Å². The van der Waals surface area contributed by atoms with E-state index in [-0.39, 0.29) is 5.25 Å². The van der Waals surface area contributed by atoms with Crippen LogP contribution in [0.3, 0.4) is 0 Å². The maximum atomic E-state index is 10.8. The molecule has 0 spiro atoms. The van der Waals surface area contributed by atoms with Gasteiger partial charge in [0.25, 0.3) is 0 Å². The van der Waals surface area contributed by atoms with Crippen molar-refractivity contribution in [2.24, 2.45) is 0 Å². The molecule has 22 heavy (non-hydrogen) atoms. The van der Waals surface area contributed by atoms with Gasteiger partial charge in [-0.3, -0.25) is 0 Å². The molecule has 1 heterocycles. The Morgan fingerprint density at radius 2 is 2.00 bits per heavy atom. The molecule has 118 valence electrons. The van der Waals surface area contributed by atoms with Gasteiger partial charge in [-0.25, -0.2) is 0 Å². The SMILES string of the molecule is CC1(C)Oc2ccc(C#N)cc2[C@H](SC2CCCCC2)[C@H]1O. The topological polar surface area (TPSA) is 53.2 Å². The zero-order valence-corrected chi connectivity index (χ0v) is 14.0. The monoisotopic (exact) mass is 317 g/mol. The highest BCUT2D eigenvalue weighted by Gasteiger charge is 2.44. The van der Waals surface area contributed by atoms with Crippen molar-refractivity contribution in [3.63, 3.8) is 0 Å². The Labute approximate surface area is 136 Å². The van der Waals surface area contributed by atoms with Gasteiger partial charge in [0.2, 0.25) is 0 Å². The average molecular weight is 317 g/mol. The second kappa shape index (κ2) is 6.14. The molecule has 2 aliphatic rings. The van der Waals surface area contributed by atoms with E-state index in [4.69, 9.17) is 10.00 Å². The van der Waals surface area contributed by atoms with E-state index >= 15 is 0 Å². The number of hydrogen-bond donors (Lipinski definition) is 1. The van der Waals surface area contributed by atoms with E-state index in [0.29, 0.717) is 10.8 Å². The minimum Gasteiger partial charge on any atom is -0.485 e. The second-order valence-corrected chi connectivity index (χ2v) is 8.28. The first-order valence-electron chi connectivity index (χ1n) is 8.08. The van der Waals surface area contributed by atoms with Gasteiger partial charge in [-0.15, -0.1) is 11.8 Å². The van der Waals surface area contributed by atoms with E-state index in [9.17, 15) is 5.11 Å². The number of nitriles is 1. The van der Waals surface area contributed by atoms with E-state index < -0.39 is 11.7 Å². The fourth-order valence-corrected chi connectivity index (χ4v) is 5.20. The summed E-state index contributed by atoms with van der Waals surface area (Å²) in [7, 11) is 0. The molecule has 0 radical (unpaired) electrons. The van der Waals surface area contributed by atoms with Gasteiger partial charge >= 0.3 is 0 Å². The van der Waals surface area contributed by atoms with E-state index in [2.05, 4.69) is 6.07 Å². The normalized spacial score (nSPS) is 27.5. The highest BCUT2D eigenvalue weighted by Crippen LogP contribution is 2.50. The summed E-state index contributed by atoms with van der Waals surface area (Å²) >= 11 is 1.87. The summed E-state index contributed by atoms with van der Waals surface area (Å²) < 4.78 is 5.98. The van der Waals surface area contributed by atoms with Crippen LogP contribution in [0.2, 0.25) is 0 Å². The average Bonchev–Trinajstić information content (AvgIpc) is 2.52. The third kappa shape index (κ3) is 2.98. The molecule has 0 amide bonds. The predicted octanol–water partition coefficient (Wildman–Crippen LogP) is 4.20. The first-order chi connectivity index (χ1) is 10.5. The summed E-state index contributed by atoms with van der Waals surface area (Å²) in [5.41, 5.74) is 0.998. The fraction of sp³-hybridized carbons (Fsp3) is 0.611. The number of nitrogens with zero attached hydrogens (tertiary/aromatic N) is 1. The lowest BCUT2D eigenvalue weighted by atomic mass is 9.90. The second-order valence-electron chi connectivity index (χ2n) is 6.83. The van der Waals surface area contributed by atoms with Crippen molar-refractivity contribution >= 4 is 11.8 Å². The summed E-state index contributed by atoms with van der Waals surface area (Å²) in [6, 6.07) is 7.73. The molecule has 3 rings (SSSR count). The fourth-order valence-electron chi connectivity index (χ4n) is 3.37. The van der Waals surface area contributed by atoms with Crippen molar-refractivity contribution in [1.82, 2.24) is 0 Å². The van der Waals surface area contributed by atoms with E-state index in [0.717, 1.165) is 11.3 Å². The molecular formula is C18H23NO2S. The van der Waals surface area contributed by atoms with Gasteiger partial charge in [-0.1, -0.05) is 19.3 Å². The molecule has 0 aromatic heterocycles. The first-order valence-corrected chi connectivity index (χ1v) is 9.02. The van der Waals surface area contributed by atoms with Crippen LogP contribution in [0, 0.1) is 11.3 Å². The van der Waals surface area contributed by atoms with Crippen LogP contribution in [0.4, 0.5) is 0 Å². The third-order valence-corrected chi connectivity index (χ3v) is 6.37. The molecule has 0 saturated heterocycles. The van der Waals surface area contributed by atoms with Crippen LogP contribution in [0.1, 0.15) is 62.3 Å². The Bertz CT molecular complexity index is 587. The zero-order chi connectivity index (χ0) is 15.7. The molecule has 1 aromatic rings. The highest BCUT2D eigenvalue weighted by molar-refractivity contribution is 8.00. The van der Waals surface area contributed by atoms with Gasteiger partial charge < -0.3 is 9.84 Å². The summed E-state index contributed by atoms with van der Waals surface area (Å²) in [6.07, 6.45) is 5.77. The van der Waals surface area contributed by atoms with Crippen molar-refractivity contribution < 1.29 is 9.84 Å². The van der Waals surface area contributed by atoms with Crippen LogP contribution in [-0.2, 0) is 0 Å². The lowest BCUT2D eigenvalue weighted by molar-refractivity contribution is -0.0430. The van der Waals surface area contributed by atoms with Gasteiger partial charge in [0.1, 0.15) is 17.5 Å². The molecule has 1 saturated carbocycles. The van der Waals surface area contributed by atoms with Crippen LogP contribution >= 0.6 is 11.8 Å². The Morgan fingerprint density at radius 1 is 1.27 bits per heavy atom. The number of aliphatic hydroxyl groups excluding tert-OH is 1. The first kappa shape index (κ1) is 15.7. The van der Waals surface area contributed by atoms with Gasteiger partial charge in [-0.05, 0) is 44.9 Å². The minimum atomic E-state index is -0.604.